The van der Waals surface area contributed by atoms with Gasteiger partial charge in [0.15, 0.2) is 0 Å². The van der Waals surface area contributed by atoms with Crippen molar-refractivity contribution >= 4 is 0 Å². The zero-order valence-electron chi connectivity index (χ0n) is 6.73. The first-order chi connectivity index (χ1) is 6.40. The molecule has 0 amide bonds. The summed E-state index contributed by atoms with van der Waals surface area (Å²) in [5.41, 5.74) is 1.55. The maximum absolute atomic E-state index is 8.53. The van der Waals surface area contributed by atoms with Crippen molar-refractivity contribution in [2.45, 2.75) is 0 Å². The van der Waals surface area contributed by atoms with E-state index in [2.05, 4.69) is 15.0 Å². The molecule has 0 atom stereocenters. The van der Waals surface area contributed by atoms with Crippen LogP contribution in [0.1, 0.15) is 5.82 Å². The van der Waals surface area contributed by atoms with Gasteiger partial charge < -0.3 is 4.98 Å². The summed E-state index contributed by atoms with van der Waals surface area (Å²) in [5.74, 6) is 0.306. The molecule has 2 aromatic heterocycles. The van der Waals surface area contributed by atoms with E-state index in [0.29, 0.717) is 5.82 Å². The Labute approximate surface area is 74.9 Å². The van der Waals surface area contributed by atoms with Gasteiger partial charge in [0.05, 0.1) is 17.6 Å². The summed E-state index contributed by atoms with van der Waals surface area (Å²) in [6, 6.07) is 7.50. The number of H-pyrrole nitrogens is 1. The van der Waals surface area contributed by atoms with Crippen LogP contribution >= 0.6 is 0 Å². The second kappa shape index (κ2) is 3.07. The number of pyridine rings is 1. The Bertz CT molecular complexity index is 438. The van der Waals surface area contributed by atoms with Gasteiger partial charge in [-0.3, -0.25) is 4.98 Å². The number of hydrogen-bond donors (Lipinski definition) is 1. The van der Waals surface area contributed by atoms with Gasteiger partial charge in [-0.2, -0.15) is 5.26 Å². The molecule has 0 aromatic carbocycles. The Morgan fingerprint density at radius 2 is 2.23 bits per heavy atom. The first-order valence-electron chi connectivity index (χ1n) is 3.76. The van der Waals surface area contributed by atoms with E-state index >= 15 is 0 Å². The van der Waals surface area contributed by atoms with Crippen molar-refractivity contribution in [3.63, 3.8) is 0 Å². The van der Waals surface area contributed by atoms with Crippen molar-refractivity contribution in [2.24, 2.45) is 0 Å². The maximum atomic E-state index is 8.53. The van der Waals surface area contributed by atoms with E-state index in [1.807, 2.05) is 24.3 Å². The molecule has 13 heavy (non-hydrogen) atoms. The van der Waals surface area contributed by atoms with Crippen LogP contribution in [-0.2, 0) is 0 Å². The Morgan fingerprint density at radius 1 is 1.31 bits per heavy atom. The van der Waals surface area contributed by atoms with Crippen LogP contribution in [0.5, 0.6) is 0 Å². The lowest BCUT2D eigenvalue weighted by Crippen LogP contribution is -1.81. The lowest BCUT2D eigenvalue weighted by atomic mass is 10.3. The largest absolute Gasteiger partial charge is 0.328 e. The lowest BCUT2D eigenvalue weighted by molar-refractivity contribution is 1.22. The number of imidazole rings is 1. The monoisotopic (exact) mass is 170 g/mol. The molecule has 2 heterocycles. The van der Waals surface area contributed by atoms with Gasteiger partial charge in [0.2, 0.25) is 5.82 Å². The van der Waals surface area contributed by atoms with Crippen LogP contribution in [0.15, 0.2) is 30.6 Å². The summed E-state index contributed by atoms with van der Waals surface area (Å²) >= 11 is 0. The zero-order chi connectivity index (χ0) is 9.10. The molecule has 2 rings (SSSR count). The lowest BCUT2D eigenvalue weighted by Gasteiger charge is -1.92. The predicted molar refractivity (Wildman–Crippen MR) is 46.5 cm³/mol. The smallest absolute Gasteiger partial charge is 0.210 e. The number of nitrogens with one attached hydrogen (secondary N) is 1. The van der Waals surface area contributed by atoms with Crippen molar-refractivity contribution in [3.8, 4) is 17.5 Å². The number of aromatic nitrogens is 3. The molecule has 62 valence electrons. The minimum absolute atomic E-state index is 0.306. The van der Waals surface area contributed by atoms with Crippen molar-refractivity contribution in [1.82, 2.24) is 15.0 Å². The van der Waals surface area contributed by atoms with Gasteiger partial charge in [-0.05, 0) is 12.1 Å². The first-order valence-corrected chi connectivity index (χ1v) is 3.76. The van der Waals surface area contributed by atoms with Gasteiger partial charge in [-0.25, -0.2) is 4.98 Å². The van der Waals surface area contributed by atoms with E-state index in [-0.39, 0.29) is 0 Å². The van der Waals surface area contributed by atoms with E-state index in [1.54, 1.807) is 12.4 Å². The molecule has 4 nitrogen and oxygen atoms in total. The Hall–Kier alpha value is -2.15. The van der Waals surface area contributed by atoms with Gasteiger partial charge >= 0.3 is 0 Å². The fourth-order valence-corrected chi connectivity index (χ4v) is 1.03. The second-order valence-electron chi connectivity index (χ2n) is 2.47. The number of hydrogen-bond acceptors (Lipinski definition) is 3. The molecular formula is C9H6N4. The summed E-state index contributed by atoms with van der Waals surface area (Å²) in [7, 11) is 0. The maximum Gasteiger partial charge on any atom is 0.210 e. The summed E-state index contributed by atoms with van der Waals surface area (Å²) in [6.45, 7) is 0. The van der Waals surface area contributed by atoms with E-state index in [1.165, 1.54) is 0 Å². The van der Waals surface area contributed by atoms with E-state index < -0.39 is 0 Å². The molecular weight excluding hydrogens is 164 g/mol. The van der Waals surface area contributed by atoms with Crippen molar-refractivity contribution in [3.05, 3.63) is 36.4 Å². The fourth-order valence-electron chi connectivity index (χ4n) is 1.03. The van der Waals surface area contributed by atoms with Gasteiger partial charge in [0, 0.05) is 6.20 Å². The highest BCUT2D eigenvalue weighted by Gasteiger charge is 2.01. The third-order valence-corrected chi connectivity index (χ3v) is 1.62. The van der Waals surface area contributed by atoms with Crippen LogP contribution in [0.2, 0.25) is 0 Å². The molecule has 0 radical (unpaired) electrons. The quantitative estimate of drug-likeness (QED) is 0.702. The Balaban J connectivity index is 2.43. The molecule has 4 heteroatoms. The minimum atomic E-state index is 0.306. The molecule has 0 aliphatic carbocycles. The summed E-state index contributed by atoms with van der Waals surface area (Å²) in [4.78, 5) is 10.8. The van der Waals surface area contributed by atoms with E-state index in [9.17, 15) is 0 Å². The van der Waals surface area contributed by atoms with E-state index in [4.69, 9.17) is 5.26 Å². The highest BCUT2D eigenvalue weighted by molar-refractivity contribution is 5.53. The molecule has 2 aromatic rings. The predicted octanol–water partition coefficient (Wildman–Crippen LogP) is 1.34. The Morgan fingerprint density at radius 3 is 2.85 bits per heavy atom. The van der Waals surface area contributed by atoms with Crippen LogP contribution in [-0.4, -0.2) is 15.0 Å². The fraction of sp³-hybridized carbons (Fsp3) is 0. The average Bonchev–Trinajstić information content (AvgIpc) is 2.67. The van der Waals surface area contributed by atoms with Crippen molar-refractivity contribution < 1.29 is 0 Å². The van der Waals surface area contributed by atoms with Crippen molar-refractivity contribution in [2.75, 3.05) is 0 Å². The number of nitrogens with zero attached hydrogens (tertiary/aromatic N) is 3. The molecule has 0 saturated heterocycles. The van der Waals surface area contributed by atoms with Crippen LogP contribution in [0, 0.1) is 11.3 Å². The molecule has 0 saturated carbocycles. The molecule has 1 N–H and O–H groups in total. The summed E-state index contributed by atoms with van der Waals surface area (Å²) in [6.07, 6.45) is 3.29. The molecule has 0 aliphatic heterocycles. The van der Waals surface area contributed by atoms with Crippen molar-refractivity contribution in [1.29, 1.82) is 5.26 Å². The highest BCUT2D eigenvalue weighted by Crippen LogP contribution is 2.12. The topological polar surface area (TPSA) is 65.4 Å². The van der Waals surface area contributed by atoms with Gasteiger partial charge in [0.1, 0.15) is 6.07 Å². The average molecular weight is 170 g/mol. The highest BCUT2D eigenvalue weighted by atomic mass is 14.9. The van der Waals surface area contributed by atoms with Gasteiger partial charge in [-0.1, -0.05) is 6.07 Å². The molecule has 0 fully saturated rings. The number of aromatic amines is 1. The second-order valence-corrected chi connectivity index (χ2v) is 2.47. The van der Waals surface area contributed by atoms with Gasteiger partial charge in [-0.15, -0.1) is 0 Å². The third kappa shape index (κ3) is 1.40. The van der Waals surface area contributed by atoms with E-state index in [0.717, 1.165) is 11.4 Å². The Kier molecular flexibility index (Phi) is 1.77. The van der Waals surface area contributed by atoms with Crippen LogP contribution in [0.25, 0.3) is 11.4 Å². The molecule has 0 spiro atoms. The third-order valence-electron chi connectivity index (χ3n) is 1.62. The molecule has 0 aliphatic rings. The normalized spacial score (nSPS) is 9.46. The van der Waals surface area contributed by atoms with Crippen LogP contribution in [0.3, 0.4) is 0 Å². The standard InChI is InChI=1S/C9H6N4/c10-5-9-12-6-8(13-9)7-3-1-2-4-11-7/h1-4,6H,(H,12,13). The summed E-state index contributed by atoms with van der Waals surface area (Å²) < 4.78 is 0. The zero-order valence-corrected chi connectivity index (χ0v) is 6.73. The van der Waals surface area contributed by atoms with Gasteiger partial charge in [0.25, 0.3) is 0 Å². The molecule has 0 bridgehead atoms. The number of rotatable bonds is 1. The van der Waals surface area contributed by atoms with Crippen LogP contribution in [0.4, 0.5) is 0 Å². The molecule has 0 unspecified atom stereocenters. The first kappa shape index (κ1) is 7.50. The van der Waals surface area contributed by atoms with Crippen LogP contribution < -0.4 is 0 Å². The SMILES string of the molecule is N#Cc1ncc(-c2ccccn2)[nH]1. The minimum Gasteiger partial charge on any atom is -0.328 e. The number of nitriles is 1. The summed E-state index contributed by atoms with van der Waals surface area (Å²) in [5, 5.41) is 8.53.